The van der Waals surface area contributed by atoms with E-state index in [0.29, 0.717) is 28.8 Å². The lowest BCUT2D eigenvalue weighted by molar-refractivity contribution is -0.121. The first-order valence-electron chi connectivity index (χ1n) is 10.0. The van der Waals surface area contributed by atoms with Crippen molar-refractivity contribution < 1.29 is 23.5 Å². The Kier molecular flexibility index (Phi) is 5.30. The zero-order valence-electron chi connectivity index (χ0n) is 17.3. The van der Waals surface area contributed by atoms with E-state index in [4.69, 9.17) is 18.7 Å². The summed E-state index contributed by atoms with van der Waals surface area (Å²) < 4.78 is 23.3. The van der Waals surface area contributed by atoms with Crippen LogP contribution in [-0.4, -0.2) is 34.2 Å². The predicted octanol–water partition coefficient (Wildman–Crippen LogP) is 3.72. The highest BCUT2D eigenvalue weighted by Crippen LogP contribution is 2.36. The Balaban J connectivity index is 1.17. The molecular formula is C23H20N4O5. The lowest BCUT2D eigenvalue weighted by Gasteiger charge is -2.08. The maximum Gasteiger partial charge on any atom is 0.251 e. The summed E-state index contributed by atoms with van der Waals surface area (Å²) in [6.45, 7) is 2.08. The van der Waals surface area contributed by atoms with Gasteiger partial charge in [0.05, 0.1) is 18.0 Å². The molecule has 1 amide bonds. The molecule has 9 nitrogen and oxygen atoms in total. The molecule has 1 aliphatic heterocycles. The molecule has 1 N–H and O–H groups in total. The fourth-order valence-electron chi connectivity index (χ4n) is 3.35. The summed E-state index contributed by atoms with van der Waals surface area (Å²) in [6, 6.07) is 18.7. The van der Waals surface area contributed by atoms with Crippen LogP contribution < -0.4 is 14.8 Å². The maximum atomic E-state index is 12.4. The summed E-state index contributed by atoms with van der Waals surface area (Å²) in [5.74, 6) is 2.23. The number of benzene rings is 2. The molecule has 0 atom stereocenters. The van der Waals surface area contributed by atoms with E-state index in [1.807, 2.05) is 55.5 Å². The van der Waals surface area contributed by atoms with Crippen LogP contribution in [0.1, 0.15) is 11.4 Å². The number of nitrogens with zero attached hydrogens (tertiary/aromatic N) is 3. The molecule has 0 unspecified atom stereocenters. The second kappa shape index (κ2) is 8.56. The summed E-state index contributed by atoms with van der Waals surface area (Å²) in [7, 11) is 0. The molecule has 3 heterocycles. The molecule has 2 aromatic carbocycles. The zero-order chi connectivity index (χ0) is 21.9. The Hall–Kier alpha value is -4.11. The van der Waals surface area contributed by atoms with Crippen LogP contribution in [0.25, 0.3) is 17.0 Å². The Morgan fingerprint density at radius 3 is 2.81 bits per heavy atom. The maximum absolute atomic E-state index is 12.4. The van der Waals surface area contributed by atoms with Crippen molar-refractivity contribution >= 4 is 11.7 Å². The Morgan fingerprint density at radius 1 is 1.09 bits per heavy atom. The molecule has 32 heavy (non-hydrogen) atoms. The van der Waals surface area contributed by atoms with Gasteiger partial charge >= 0.3 is 0 Å². The Labute approximate surface area is 183 Å². The highest BCUT2D eigenvalue weighted by Gasteiger charge is 2.16. The van der Waals surface area contributed by atoms with Gasteiger partial charge in [-0.05, 0) is 37.3 Å². The molecule has 5 rings (SSSR count). The Bertz CT molecular complexity index is 1250. The van der Waals surface area contributed by atoms with Crippen molar-refractivity contribution in [3.8, 4) is 28.5 Å². The summed E-state index contributed by atoms with van der Waals surface area (Å²) in [6.07, 6.45) is 0. The number of anilines is 1. The van der Waals surface area contributed by atoms with E-state index in [9.17, 15) is 4.79 Å². The number of hydrogen-bond donors (Lipinski definition) is 1. The van der Waals surface area contributed by atoms with Gasteiger partial charge in [0.15, 0.2) is 17.3 Å². The number of hydrogen-bond acceptors (Lipinski definition) is 7. The fourth-order valence-corrected chi connectivity index (χ4v) is 3.35. The fraction of sp³-hybridized carbons (Fsp3) is 0.174. The van der Waals surface area contributed by atoms with E-state index in [1.54, 1.807) is 16.8 Å². The number of ether oxygens (including phenoxy) is 3. The van der Waals surface area contributed by atoms with Crippen molar-refractivity contribution in [2.75, 3.05) is 18.7 Å². The third-order valence-electron chi connectivity index (χ3n) is 4.80. The van der Waals surface area contributed by atoms with Gasteiger partial charge < -0.3 is 24.1 Å². The molecule has 0 saturated heterocycles. The van der Waals surface area contributed by atoms with Crippen LogP contribution in [0.2, 0.25) is 0 Å². The van der Waals surface area contributed by atoms with Gasteiger partial charge in [0.1, 0.15) is 18.1 Å². The van der Waals surface area contributed by atoms with Gasteiger partial charge in [-0.25, -0.2) is 4.68 Å². The van der Waals surface area contributed by atoms with Crippen molar-refractivity contribution in [3.05, 3.63) is 72.1 Å². The van der Waals surface area contributed by atoms with E-state index in [2.05, 4.69) is 15.6 Å². The number of carbonyl (C=O) groups excluding carboxylic acids is 1. The minimum absolute atomic E-state index is 0.134. The molecule has 0 spiro atoms. The van der Waals surface area contributed by atoms with Crippen LogP contribution in [0.3, 0.4) is 0 Å². The molecule has 1 aliphatic rings. The second-order valence-corrected chi connectivity index (χ2v) is 7.21. The largest absolute Gasteiger partial charge is 0.454 e. The lowest BCUT2D eigenvalue weighted by atomic mass is 10.1. The minimum Gasteiger partial charge on any atom is -0.454 e. The highest BCUT2D eigenvalue weighted by molar-refractivity contribution is 5.91. The van der Waals surface area contributed by atoms with Gasteiger partial charge in [-0.15, -0.1) is 0 Å². The van der Waals surface area contributed by atoms with Crippen molar-refractivity contribution in [1.82, 2.24) is 14.9 Å². The molecular weight excluding hydrogens is 412 g/mol. The van der Waals surface area contributed by atoms with Gasteiger partial charge in [0.25, 0.3) is 5.91 Å². The molecule has 0 aliphatic carbocycles. The van der Waals surface area contributed by atoms with Crippen LogP contribution in [0.15, 0.2) is 65.2 Å². The number of rotatable bonds is 7. The number of para-hydroxylation sites is 1. The van der Waals surface area contributed by atoms with Crippen molar-refractivity contribution in [1.29, 1.82) is 0 Å². The normalized spacial score (nSPS) is 12.2. The van der Waals surface area contributed by atoms with Crippen molar-refractivity contribution in [2.45, 2.75) is 13.5 Å². The standard InChI is InChI=1S/C23H20N4O5/c1-15-9-22(27(25-15)18-5-3-2-4-6-18)24-23(28)13-29-12-17-11-20(32-26-17)16-7-8-19-21(10-16)31-14-30-19/h2-11H,12-14H2,1H3,(H,24,28). The van der Waals surface area contributed by atoms with E-state index in [0.717, 1.165) is 16.9 Å². The molecule has 162 valence electrons. The first kappa shape index (κ1) is 19.8. The number of amides is 1. The first-order valence-corrected chi connectivity index (χ1v) is 10.0. The van der Waals surface area contributed by atoms with Crippen LogP contribution >= 0.6 is 0 Å². The smallest absolute Gasteiger partial charge is 0.251 e. The summed E-state index contributed by atoms with van der Waals surface area (Å²) in [5.41, 5.74) is 3.05. The molecule has 0 fully saturated rings. The second-order valence-electron chi connectivity index (χ2n) is 7.21. The Morgan fingerprint density at radius 2 is 1.94 bits per heavy atom. The van der Waals surface area contributed by atoms with Gasteiger partial charge in [-0.3, -0.25) is 4.79 Å². The van der Waals surface area contributed by atoms with E-state index in [-0.39, 0.29) is 25.9 Å². The zero-order valence-corrected chi connectivity index (χ0v) is 17.3. The molecule has 4 aromatic rings. The van der Waals surface area contributed by atoms with Crippen molar-refractivity contribution in [3.63, 3.8) is 0 Å². The van der Waals surface area contributed by atoms with Gasteiger partial charge in [0.2, 0.25) is 6.79 Å². The van der Waals surface area contributed by atoms with Gasteiger partial charge in [-0.1, -0.05) is 23.4 Å². The molecule has 9 heteroatoms. The van der Waals surface area contributed by atoms with Crippen LogP contribution in [0.5, 0.6) is 11.5 Å². The predicted molar refractivity (Wildman–Crippen MR) is 115 cm³/mol. The van der Waals surface area contributed by atoms with Gasteiger partial charge in [0, 0.05) is 17.7 Å². The average molecular weight is 432 g/mol. The van der Waals surface area contributed by atoms with Crippen LogP contribution in [0.4, 0.5) is 5.82 Å². The van der Waals surface area contributed by atoms with Crippen LogP contribution in [0, 0.1) is 6.92 Å². The number of carbonyl (C=O) groups is 1. The topological polar surface area (TPSA) is 101 Å². The molecule has 0 radical (unpaired) electrons. The average Bonchev–Trinajstić information content (AvgIpc) is 3.53. The third kappa shape index (κ3) is 4.19. The van der Waals surface area contributed by atoms with Gasteiger partial charge in [-0.2, -0.15) is 5.10 Å². The number of aromatic nitrogens is 3. The van der Waals surface area contributed by atoms with Crippen molar-refractivity contribution in [2.24, 2.45) is 0 Å². The first-order chi connectivity index (χ1) is 15.7. The number of aryl methyl sites for hydroxylation is 1. The molecule has 0 bridgehead atoms. The number of fused-ring (bicyclic) bond motifs is 1. The minimum atomic E-state index is -0.290. The summed E-state index contributed by atoms with van der Waals surface area (Å²) in [4.78, 5) is 12.4. The summed E-state index contributed by atoms with van der Waals surface area (Å²) >= 11 is 0. The van der Waals surface area contributed by atoms with Crippen LogP contribution in [-0.2, 0) is 16.1 Å². The highest BCUT2D eigenvalue weighted by atomic mass is 16.7. The molecule has 0 saturated carbocycles. The van der Waals surface area contributed by atoms with E-state index < -0.39 is 0 Å². The monoisotopic (exact) mass is 432 g/mol. The molecule has 2 aromatic heterocycles. The van der Waals surface area contributed by atoms with E-state index >= 15 is 0 Å². The quantitative estimate of drug-likeness (QED) is 0.475. The lowest BCUT2D eigenvalue weighted by Crippen LogP contribution is -2.20. The van der Waals surface area contributed by atoms with E-state index in [1.165, 1.54) is 0 Å². The SMILES string of the molecule is Cc1cc(NC(=O)COCc2cc(-c3ccc4c(c3)OCO4)on2)n(-c2ccccc2)n1. The summed E-state index contributed by atoms with van der Waals surface area (Å²) in [5, 5.41) is 11.3. The number of nitrogens with one attached hydrogen (secondary N) is 1. The third-order valence-corrected chi connectivity index (χ3v) is 4.80.